The van der Waals surface area contributed by atoms with Crippen molar-refractivity contribution in [1.82, 2.24) is 0 Å². The normalized spacial score (nSPS) is 58.0. The quantitative estimate of drug-likeness (QED) is 0.276. The second-order valence-corrected chi connectivity index (χ2v) is 7.47. The minimum absolute atomic E-state index is 0.354. The Bertz CT molecular complexity index is 583. The summed E-state index contributed by atoms with van der Waals surface area (Å²) in [7, 11) is 0. The van der Waals surface area contributed by atoms with E-state index in [1.165, 1.54) is 6.26 Å². The first-order valence-corrected chi connectivity index (χ1v) is 8.58. The second-order valence-electron chi connectivity index (χ2n) is 7.47. The van der Waals surface area contributed by atoms with Crippen molar-refractivity contribution in [3.63, 3.8) is 0 Å². The van der Waals surface area contributed by atoms with E-state index in [1.807, 2.05) is 0 Å². The lowest BCUT2D eigenvalue weighted by atomic mass is 9.85. The van der Waals surface area contributed by atoms with Crippen LogP contribution in [0, 0.1) is 11.8 Å². The number of hydrogen-bond donors (Lipinski definition) is 6. The predicted molar refractivity (Wildman–Crippen MR) is 81.2 cm³/mol. The van der Waals surface area contributed by atoms with E-state index in [-0.39, 0.29) is 6.61 Å². The molecule has 0 aromatic carbocycles. The molecule has 0 radical (unpaired) electrons. The minimum atomic E-state index is -1.58. The summed E-state index contributed by atoms with van der Waals surface area (Å²) in [6, 6.07) is 0. The molecule has 2 saturated heterocycles. The summed E-state index contributed by atoms with van der Waals surface area (Å²) in [6.07, 6.45) is -6.05. The van der Waals surface area contributed by atoms with E-state index in [1.54, 1.807) is 13.0 Å². The van der Waals surface area contributed by atoms with Crippen LogP contribution < -0.4 is 0 Å². The molecule has 10 heteroatoms. The molecule has 0 unspecified atom stereocenters. The Kier molecular flexibility index (Phi) is 4.34. The Balaban J connectivity index is 1.56. The average molecular weight is 376 g/mol. The fraction of sp³-hybridized carbons (Fsp3) is 0.875. The minimum Gasteiger partial charge on any atom is -0.472 e. The fourth-order valence-electron chi connectivity index (χ4n) is 4.58. The highest BCUT2D eigenvalue weighted by Gasteiger charge is 2.83. The lowest BCUT2D eigenvalue weighted by Gasteiger charge is -2.43. The van der Waals surface area contributed by atoms with Crippen LogP contribution >= 0.6 is 0 Å². The Hall–Kier alpha value is -0.820. The van der Waals surface area contributed by atoms with Gasteiger partial charge in [0.2, 0.25) is 6.29 Å². The van der Waals surface area contributed by atoms with Gasteiger partial charge in [0, 0.05) is 5.92 Å². The molecule has 0 aromatic heterocycles. The highest BCUT2D eigenvalue weighted by atomic mass is 16.8. The molecule has 1 saturated carbocycles. The maximum atomic E-state index is 10.5. The average Bonchev–Trinajstić information content (AvgIpc) is 3.22. The Morgan fingerprint density at radius 3 is 2.42 bits per heavy atom. The lowest BCUT2D eigenvalue weighted by molar-refractivity contribution is -0.344. The number of hydrogen-bond acceptors (Lipinski definition) is 10. The molecule has 4 aliphatic rings. The highest BCUT2D eigenvalue weighted by Crippen LogP contribution is 2.66. The highest BCUT2D eigenvalue weighted by molar-refractivity contribution is 5.31. The van der Waals surface area contributed by atoms with Gasteiger partial charge < -0.3 is 49.6 Å². The van der Waals surface area contributed by atoms with Gasteiger partial charge in [0.1, 0.15) is 35.6 Å². The number of epoxide rings is 1. The van der Waals surface area contributed by atoms with Crippen molar-refractivity contribution in [3.05, 3.63) is 12.3 Å². The largest absolute Gasteiger partial charge is 0.472 e. The number of ether oxygens (including phenoxy) is 4. The van der Waals surface area contributed by atoms with Gasteiger partial charge >= 0.3 is 0 Å². The Labute approximate surface area is 149 Å². The third kappa shape index (κ3) is 2.25. The molecule has 1 aliphatic carbocycles. The van der Waals surface area contributed by atoms with E-state index in [0.29, 0.717) is 0 Å². The maximum absolute atomic E-state index is 10.5. The van der Waals surface area contributed by atoms with Crippen LogP contribution in [-0.2, 0) is 18.9 Å². The summed E-state index contributed by atoms with van der Waals surface area (Å²) >= 11 is 0. The monoisotopic (exact) mass is 376 g/mol. The number of fused-ring (bicyclic) bond motifs is 3. The van der Waals surface area contributed by atoms with E-state index in [9.17, 15) is 30.6 Å². The molecule has 3 heterocycles. The Morgan fingerprint density at radius 1 is 1.04 bits per heavy atom. The van der Waals surface area contributed by atoms with E-state index in [4.69, 9.17) is 18.9 Å². The van der Waals surface area contributed by atoms with Crippen LogP contribution in [0.4, 0.5) is 0 Å². The zero-order chi connectivity index (χ0) is 18.9. The number of rotatable bonds is 4. The van der Waals surface area contributed by atoms with Gasteiger partial charge in [-0.3, -0.25) is 0 Å². The molecule has 0 spiro atoms. The smallest absolute Gasteiger partial charge is 0.208 e. The van der Waals surface area contributed by atoms with Gasteiger partial charge in [-0.1, -0.05) is 0 Å². The molecule has 11 atom stereocenters. The van der Waals surface area contributed by atoms with E-state index < -0.39 is 72.7 Å². The second kappa shape index (κ2) is 6.09. The van der Waals surface area contributed by atoms with Crippen LogP contribution in [0.2, 0.25) is 0 Å². The van der Waals surface area contributed by atoms with Crippen molar-refractivity contribution in [2.75, 3.05) is 13.2 Å². The summed E-state index contributed by atoms with van der Waals surface area (Å²) in [5.74, 6) is -0.977. The van der Waals surface area contributed by atoms with Crippen LogP contribution in [0.15, 0.2) is 12.3 Å². The van der Waals surface area contributed by atoms with Crippen molar-refractivity contribution in [2.45, 2.75) is 61.2 Å². The standard InChI is InChI=1S/C16H24O10/c1-15-12(22)6-2-3-23-13(8(6)16(15,5-18)26-15)25-14-11(21)10(20)9(19)7(4-17)24-14/h2-3,6-14,17-22H,4-5H2,1H3/t6-,7-,8-,9-,10+,11-,12+,13+,14+,15-,16-/m1/s1. The summed E-state index contributed by atoms with van der Waals surface area (Å²) < 4.78 is 22.2. The van der Waals surface area contributed by atoms with Crippen molar-refractivity contribution < 1.29 is 49.6 Å². The topological polar surface area (TPSA) is 162 Å². The molecule has 26 heavy (non-hydrogen) atoms. The van der Waals surface area contributed by atoms with Gasteiger partial charge in [-0.2, -0.15) is 0 Å². The molecule has 3 aliphatic heterocycles. The third-order valence-corrected chi connectivity index (χ3v) is 6.23. The van der Waals surface area contributed by atoms with Gasteiger partial charge in [0.25, 0.3) is 0 Å². The van der Waals surface area contributed by atoms with Gasteiger partial charge in [0.15, 0.2) is 6.29 Å². The third-order valence-electron chi connectivity index (χ3n) is 6.23. The molecule has 4 rings (SSSR count). The fourth-order valence-corrected chi connectivity index (χ4v) is 4.58. The molecular weight excluding hydrogens is 352 g/mol. The summed E-state index contributed by atoms with van der Waals surface area (Å²) in [4.78, 5) is 0. The van der Waals surface area contributed by atoms with Gasteiger partial charge in [-0.05, 0) is 13.0 Å². The molecule has 0 amide bonds. The van der Waals surface area contributed by atoms with E-state index >= 15 is 0 Å². The summed E-state index contributed by atoms with van der Waals surface area (Å²) in [5.41, 5.74) is -1.99. The first-order valence-electron chi connectivity index (χ1n) is 8.58. The van der Waals surface area contributed by atoms with Crippen molar-refractivity contribution in [2.24, 2.45) is 11.8 Å². The molecule has 6 N–H and O–H groups in total. The van der Waals surface area contributed by atoms with Gasteiger partial charge in [0.05, 0.1) is 31.5 Å². The van der Waals surface area contributed by atoms with Crippen molar-refractivity contribution in [1.29, 1.82) is 0 Å². The molecule has 3 fully saturated rings. The van der Waals surface area contributed by atoms with E-state index in [2.05, 4.69) is 0 Å². The SMILES string of the molecule is C[C@]12O[C@]1(CO)[C@H]1[C@H](O[C@@H]3O[C@H](CO)[C@@H](O)[C@H](O)[C@H]3O)OC=C[C@H]1[C@@H]2O. The number of aliphatic hydroxyl groups is 6. The van der Waals surface area contributed by atoms with Crippen molar-refractivity contribution in [3.8, 4) is 0 Å². The molecular formula is C16H24O10. The summed E-state index contributed by atoms with van der Waals surface area (Å²) in [5, 5.41) is 59.6. The summed E-state index contributed by atoms with van der Waals surface area (Å²) in [6.45, 7) is 0.765. The van der Waals surface area contributed by atoms with Gasteiger partial charge in [-0.15, -0.1) is 0 Å². The molecule has 10 nitrogen and oxygen atoms in total. The van der Waals surface area contributed by atoms with Crippen LogP contribution in [0.1, 0.15) is 6.92 Å². The first-order chi connectivity index (χ1) is 12.3. The predicted octanol–water partition coefficient (Wildman–Crippen LogP) is -3.20. The zero-order valence-corrected chi connectivity index (χ0v) is 14.1. The maximum Gasteiger partial charge on any atom is 0.208 e. The van der Waals surface area contributed by atoms with Crippen LogP contribution in [-0.4, -0.2) is 98.2 Å². The number of aliphatic hydroxyl groups excluding tert-OH is 6. The molecule has 0 aromatic rings. The van der Waals surface area contributed by atoms with Crippen LogP contribution in [0.25, 0.3) is 0 Å². The first kappa shape index (κ1) is 18.5. The van der Waals surface area contributed by atoms with Gasteiger partial charge in [-0.25, -0.2) is 0 Å². The Morgan fingerprint density at radius 2 is 1.77 bits per heavy atom. The lowest BCUT2D eigenvalue weighted by Crippen LogP contribution is -2.60. The molecule has 148 valence electrons. The van der Waals surface area contributed by atoms with Crippen molar-refractivity contribution >= 4 is 0 Å². The zero-order valence-electron chi connectivity index (χ0n) is 14.1. The van der Waals surface area contributed by atoms with E-state index in [0.717, 1.165) is 0 Å². The molecule has 0 bridgehead atoms. The van der Waals surface area contributed by atoms with Crippen LogP contribution in [0.3, 0.4) is 0 Å². The van der Waals surface area contributed by atoms with Crippen LogP contribution in [0.5, 0.6) is 0 Å².